The largest absolute Gasteiger partial charge is 0.508 e. The molecular weight excluding hydrogens is 300 g/mol. The minimum Gasteiger partial charge on any atom is -0.508 e. The first-order chi connectivity index (χ1) is 10.7. The summed E-state index contributed by atoms with van der Waals surface area (Å²) in [6.45, 7) is 0. The minimum absolute atomic E-state index is 0.197. The van der Waals surface area contributed by atoms with Crippen LogP contribution in [0.4, 0.5) is 0 Å². The molecule has 0 aliphatic rings. The van der Waals surface area contributed by atoms with Gasteiger partial charge in [0.2, 0.25) is 0 Å². The van der Waals surface area contributed by atoms with Crippen LogP contribution in [0.25, 0.3) is 5.57 Å². The number of benzene rings is 2. The first-order valence-corrected chi connectivity index (χ1v) is 7.35. The predicted molar refractivity (Wildman–Crippen MR) is 85.7 cm³/mol. The van der Waals surface area contributed by atoms with Gasteiger partial charge in [0.15, 0.2) is 0 Å². The molecule has 0 amide bonds. The van der Waals surface area contributed by atoms with E-state index < -0.39 is 5.97 Å². The van der Waals surface area contributed by atoms with Gasteiger partial charge in [-0.05, 0) is 24.3 Å². The van der Waals surface area contributed by atoms with Gasteiger partial charge < -0.3 is 14.6 Å². The summed E-state index contributed by atoms with van der Waals surface area (Å²) in [5.41, 5.74) is 1.05. The van der Waals surface area contributed by atoms with E-state index in [9.17, 15) is 9.90 Å². The lowest BCUT2D eigenvalue weighted by atomic mass is 10.1. The minimum atomic E-state index is -0.467. The highest BCUT2D eigenvalue weighted by molar-refractivity contribution is 7.99. The number of rotatable bonds is 5. The van der Waals surface area contributed by atoms with E-state index in [0.29, 0.717) is 11.1 Å². The fourth-order valence-corrected chi connectivity index (χ4v) is 2.92. The Labute approximate surface area is 133 Å². The molecule has 0 aliphatic carbocycles. The van der Waals surface area contributed by atoms with Crippen LogP contribution in [0.5, 0.6) is 5.75 Å². The van der Waals surface area contributed by atoms with Crippen LogP contribution in [-0.2, 0) is 14.3 Å². The fraction of sp³-hybridized carbons (Fsp3) is 0.118. The van der Waals surface area contributed by atoms with Crippen molar-refractivity contribution in [2.24, 2.45) is 0 Å². The van der Waals surface area contributed by atoms with Gasteiger partial charge in [-0.25, -0.2) is 4.79 Å². The number of phenols is 1. The van der Waals surface area contributed by atoms with Crippen LogP contribution in [0.15, 0.2) is 64.6 Å². The topological polar surface area (TPSA) is 55.8 Å². The maximum atomic E-state index is 11.9. The van der Waals surface area contributed by atoms with E-state index in [2.05, 4.69) is 0 Å². The van der Waals surface area contributed by atoms with E-state index in [4.69, 9.17) is 9.47 Å². The number of ether oxygens (including phenoxy) is 2. The Morgan fingerprint density at radius 2 is 1.91 bits per heavy atom. The van der Waals surface area contributed by atoms with Crippen LogP contribution in [0.1, 0.15) is 5.56 Å². The lowest BCUT2D eigenvalue weighted by Gasteiger charge is -2.11. The number of methoxy groups -OCH3 is 2. The molecule has 2 aromatic carbocycles. The number of hydrogen-bond donors (Lipinski definition) is 1. The Morgan fingerprint density at radius 1 is 1.14 bits per heavy atom. The van der Waals surface area contributed by atoms with Crippen LogP contribution in [0.3, 0.4) is 0 Å². The van der Waals surface area contributed by atoms with E-state index in [0.717, 1.165) is 9.79 Å². The summed E-state index contributed by atoms with van der Waals surface area (Å²) in [5, 5.41) is 9.56. The van der Waals surface area contributed by atoms with Crippen molar-refractivity contribution in [1.82, 2.24) is 0 Å². The smallest absolute Gasteiger partial charge is 0.341 e. The SMILES string of the molecule is CO/C=C(/C(=O)OC)c1ccccc1Sc1cccc(O)c1. The average Bonchev–Trinajstić information content (AvgIpc) is 2.53. The molecule has 0 bridgehead atoms. The number of hydrogen-bond acceptors (Lipinski definition) is 5. The normalized spacial score (nSPS) is 11.1. The lowest BCUT2D eigenvalue weighted by Crippen LogP contribution is -2.05. The van der Waals surface area contributed by atoms with E-state index in [1.165, 1.54) is 32.2 Å². The van der Waals surface area contributed by atoms with Gasteiger partial charge in [0.1, 0.15) is 11.3 Å². The van der Waals surface area contributed by atoms with Crippen molar-refractivity contribution >= 4 is 23.3 Å². The summed E-state index contributed by atoms with van der Waals surface area (Å²) in [5.74, 6) is -0.270. The third-order valence-electron chi connectivity index (χ3n) is 2.86. The Hall–Kier alpha value is -2.40. The van der Waals surface area contributed by atoms with Crippen LogP contribution in [-0.4, -0.2) is 25.3 Å². The predicted octanol–water partition coefficient (Wildman–Crippen LogP) is 3.70. The van der Waals surface area contributed by atoms with Gasteiger partial charge in [0.05, 0.1) is 20.5 Å². The van der Waals surface area contributed by atoms with Crippen molar-refractivity contribution < 1.29 is 19.4 Å². The molecule has 0 spiro atoms. The van der Waals surface area contributed by atoms with Gasteiger partial charge in [0.25, 0.3) is 0 Å². The van der Waals surface area contributed by atoms with Gasteiger partial charge >= 0.3 is 5.97 Å². The molecule has 0 radical (unpaired) electrons. The van der Waals surface area contributed by atoms with Gasteiger partial charge in [0, 0.05) is 15.4 Å². The van der Waals surface area contributed by atoms with Crippen molar-refractivity contribution in [3.8, 4) is 5.75 Å². The summed E-state index contributed by atoms with van der Waals surface area (Å²) in [7, 11) is 2.81. The Balaban J connectivity index is 2.41. The van der Waals surface area contributed by atoms with Gasteiger partial charge in [-0.15, -0.1) is 0 Å². The third kappa shape index (κ3) is 3.83. The summed E-state index contributed by atoms with van der Waals surface area (Å²) < 4.78 is 9.80. The number of phenolic OH excluding ortho intramolecular Hbond substituents is 1. The molecule has 0 fully saturated rings. The standard InChI is InChI=1S/C17H16O4S/c1-20-11-15(17(19)21-2)14-8-3-4-9-16(14)22-13-7-5-6-12(18)10-13/h3-11,18H,1-2H3/b15-11+. The molecule has 5 heteroatoms. The average molecular weight is 316 g/mol. The van der Waals surface area contributed by atoms with Gasteiger partial charge in [-0.2, -0.15) is 0 Å². The van der Waals surface area contributed by atoms with Crippen LogP contribution in [0.2, 0.25) is 0 Å². The second kappa shape index (κ2) is 7.56. The molecule has 0 unspecified atom stereocenters. The second-order valence-electron chi connectivity index (χ2n) is 4.35. The highest BCUT2D eigenvalue weighted by atomic mass is 32.2. The summed E-state index contributed by atoms with van der Waals surface area (Å²) >= 11 is 1.45. The number of carbonyl (C=O) groups excluding carboxylic acids is 1. The highest BCUT2D eigenvalue weighted by Crippen LogP contribution is 2.35. The number of carbonyl (C=O) groups is 1. The quantitative estimate of drug-likeness (QED) is 0.518. The molecule has 0 heterocycles. The third-order valence-corrected chi connectivity index (χ3v) is 3.93. The molecule has 0 saturated carbocycles. The fourth-order valence-electron chi connectivity index (χ4n) is 1.90. The van der Waals surface area contributed by atoms with Crippen molar-refractivity contribution in [3.05, 3.63) is 60.4 Å². The number of aromatic hydroxyl groups is 1. The molecule has 114 valence electrons. The summed E-state index contributed by atoms with van der Waals surface area (Å²) in [4.78, 5) is 13.7. The zero-order valence-electron chi connectivity index (χ0n) is 12.3. The van der Waals surface area contributed by atoms with Crippen molar-refractivity contribution in [3.63, 3.8) is 0 Å². The van der Waals surface area contributed by atoms with Crippen LogP contribution < -0.4 is 0 Å². The van der Waals surface area contributed by atoms with E-state index in [-0.39, 0.29) is 5.75 Å². The van der Waals surface area contributed by atoms with Crippen LogP contribution >= 0.6 is 11.8 Å². The molecule has 0 atom stereocenters. The highest BCUT2D eigenvalue weighted by Gasteiger charge is 2.17. The molecule has 0 saturated heterocycles. The first-order valence-electron chi connectivity index (χ1n) is 6.53. The van der Waals surface area contributed by atoms with E-state index in [1.54, 1.807) is 18.2 Å². The maximum Gasteiger partial charge on any atom is 0.341 e. The molecule has 2 aromatic rings. The zero-order chi connectivity index (χ0) is 15.9. The van der Waals surface area contributed by atoms with Crippen molar-refractivity contribution in [2.75, 3.05) is 14.2 Å². The van der Waals surface area contributed by atoms with Crippen LogP contribution in [0, 0.1) is 0 Å². The second-order valence-corrected chi connectivity index (χ2v) is 5.47. The Kier molecular flexibility index (Phi) is 5.49. The summed E-state index contributed by atoms with van der Waals surface area (Å²) in [6.07, 6.45) is 1.37. The molecule has 22 heavy (non-hydrogen) atoms. The first kappa shape index (κ1) is 16.0. The monoisotopic (exact) mass is 316 g/mol. The van der Waals surface area contributed by atoms with Gasteiger partial charge in [-0.1, -0.05) is 36.0 Å². The summed E-state index contributed by atoms with van der Waals surface area (Å²) in [6, 6.07) is 14.4. The molecule has 0 aliphatic heterocycles. The maximum absolute atomic E-state index is 11.9. The molecule has 0 aromatic heterocycles. The van der Waals surface area contributed by atoms with Gasteiger partial charge in [-0.3, -0.25) is 0 Å². The van der Waals surface area contributed by atoms with E-state index in [1.807, 2.05) is 30.3 Å². The molecule has 2 rings (SSSR count). The van der Waals surface area contributed by atoms with Crippen molar-refractivity contribution in [1.29, 1.82) is 0 Å². The van der Waals surface area contributed by atoms with Crippen molar-refractivity contribution in [2.45, 2.75) is 9.79 Å². The molecular formula is C17H16O4S. The molecule has 4 nitrogen and oxygen atoms in total. The molecule has 1 N–H and O–H groups in total. The number of esters is 1. The zero-order valence-corrected chi connectivity index (χ0v) is 13.1. The lowest BCUT2D eigenvalue weighted by molar-refractivity contribution is -0.133. The Morgan fingerprint density at radius 3 is 2.59 bits per heavy atom. The van der Waals surface area contributed by atoms with E-state index >= 15 is 0 Å². The Bertz CT molecular complexity index is 695.